The molecule has 0 unspecified atom stereocenters. The van der Waals surface area contributed by atoms with Crippen molar-refractivity contribution in [3.05, 3.63) is 0 Å². The standard InChI is InChI=1S/C4H5N2O3S/c1-10(7,8)9-4-5-2-3-6-4/h2-3H,1H3/q+1. The molecule has 0 saturated carbocycles. The third kappa shape index (κ3) is 2.06. The number of rotatable bonds is 1. The average Bonchev–Trinajstić information content (AvgIpc) is 2.12. The lowest BCUT2D eigenvalue weighted by atomic mass is 10.9. The van der Waals surface area contributed by atoms with Crippen molar-refractivity contribution in [2.75, 3.05) is 6.26 Å². The van der Waals surface area contributed by atoms with Crippen molar-refractivity contribution in [1.29, 1.82) is 0 Å². The summed E-state index contributed by atoms with van der Waals surface area (Å²) in [6, 6.07) is -0.137. The van der Waals surface area contributed by atoms with Crippen molar-refractivity contribution >= 4 is 28.6 Å². The lowest BCUT2D eigenvalue weighted by Gasteiger charge is -1.69. The van der Waals surface area contributed by atoms with Gasteiger partial charge in [-0.2, -0.15) is 0 Å². The van der Waals surface area contributed by atoms with Gasteiger partial charge in [0, 0.05) is 0 Å². The topological polar surface area (TPSA) is 70.2 Å². The average molecular weight is 161 g/mol. The summed E-state index contributed by atoms with van der Waals surface area (Å²) in [6.45, 7) is 0. The third-order valence-corrected chi connectivity index (χ3v) is 1.11. The van der Waals surface area contributed by atoms with E-state index in [2.05, 4.69) is 13.9 Å². The van der Waals surface area contributed by atoms with Crippen LogP contribution in [0.3, 0.4) is 0 Å². The van der Waals surface area contributed by atoms with Gasteiger partial charge < -0.3 is 0 Å². The quantitative estimate of drug-likeness (QED) is 0.498. The fourth-order valence-corrected chi connectivity index (χ4v) is 0.763. The van der Waals surface area contributed by atoms with Gasteiger partial charge in [0.1, 0.15) is 6.26 Å². The summed E-state index contributed by atoms with van der Waals surface area (Å²) in [5.41, 5.74) is 0. The van der Waals surface area contributed by atoms with Crippen LogP contribution in [0.5, 0.6) is 0 Å². The Kier molecular flexibility index (Phi) is 1.62. The van der Waals surface area contributed by atoms with Gasteiger partial charge in [-0.15, -0.1) is 18.4 Å². The maximum absolute atomic E-state index is 10.4. The molecule has 1 heterocycles. The lowest BCUT2D eigenvalue weighted by Crippen LogP contribution is -1.90. The van der Waals surface area contributed by atoms with Crippen molar-refractivity contribution < 1.29 is 12.3 Å². The van der Waals surface area contributed by atoms with E-state index in [9.17, 15) is 8.42 Å². The second-order valence-corrected chi connectivity index (χ2v) is 3.20. The summed E-state index contributed by atoms with van der Waals surface area (Å²) < 4.78 is 25.1. The third-order valence-electron chi connectivity index (χ3n) is 0.663. The fraction of sp³-hybridized carbons (Fsp3) is 0.250. The number of hydrogen-bond acceptors (Lipinski definition) is 2. The van der Waals surface area contributed by atoms with Gasteiger partial charge in [-0.25, -0.2) is 0 Å². The van der Waals surface area contributed by atoms with Gasteiger partial charge >= 0.3 is 16.1 Å². The maximum Gasteiger partial charge on any atom is 0.578 e. The molecule has 10 heavy (non-hydrogen) atoms. The highest BCUT2D eigenvalue weighted by Crippen LogP contribution is 1.99. The SMILES string of the molecule is CS(=O)(=O)[O+]=C1N=CC=N1. The molecule has 1 aliphatic rings. The van der Waals surface area contributed by atoms with E-state index in [1.54, 1.807) is 0 Å². The van der Waals surface area contributed by atoms with E-state index in [1.807, 2.05) is 0 Å². The summed E-state index contributed by atoms with van der Waals surface area (Å²) in [7, 11) is -3.47. The molecule has 6 heteroatoms. The molecule has 1 aliphatic heterocycles. The molecule has 0 saturated heterocycles. The van der Waals surface area contributed by atoms with Crippen LogP contribution < -0.4 is 0 Å². The van der Waals surface area contributed by atoms with Crippen molar-refractivity contribution in [2.24, 2.45) is 9.98 Å². The highest BCUT2D eigenvalue weighted by atomic mass is 32.2. The van der Waals surface area contributed by atoms with Gasteiger partial charge in [0.05, 0.1) is 12.4 Å². The molecule has 0 aromatic carbocycles. The van der Waals surface area contributed by atoms with Crippen LogP contribution in [0, 0.1) is 0 Å². The van der Waals surface area contributed by atoms with Crippen LogP contribution in [0.15, 0.2) is 9.98 Å². The fourth-order valence-electron chi connectivity index (χ4n) is 0.406. The molecule has 0 atom stereocenters. The van der Waals surface area contributed by atoms with Crippen LogP contribution in [0.1, 0.15) is 0 Å². The molecule has 5 nitrogen and oxygen atoms in total. The molecule has 0 aromatic rings. The molecule has 0 spiro atoms. The predicted molar refractivity (Wildman–Crippen MR) is 37.2 cm³/mol. The molecule has 0 bridgehead atoms. The molecule has 0 radical (unpaired) electrons. The maximum atomic E-state index is 10.4. The van der Waals surface area contributed by atoms with Gasteiger partial charge in [-0.1, -0.05) is 3.87 Å². The molecule has 0 aromatic heterocycles. The van der Waals surface area contributed by atoms with Gasteiger partial charge in [-0.3, -0.25) is 0 Å². The zero-order valence-corrected chi connectivity index (χ0v) is 6.00. The van der Waals surface area contributed by atoms with Crippen molar-refractivity contribution in [2.45, 2.75) is 0 Å². The first-order valence-electron chi connectivity index (χ1n) is 2.41. The first kappa shape index (κ1) is 7.07. The van der Waals surface area contributed by atoms with Crippen LogP contribution >= 0.6 is 0 Å². The Morgan fingerprint density at radius 2 is 1.90 bits per heavy atom. The molecule has 0 aliphatic carbocycles. The second-order valence-electron chi connectivity index (χ2n) is 1.63. The summed E-state index contributed by atoms with van der Waals surface area (Å²) in [6.07, 6.45) is 3.63. The van der Waals surface area contributed by atoms with Gasteiger partial charge in [0.25, 0.3) is 0 Å². The number of hydrogen-bond donors (Lipinski definition) is 0. The van der Waals surface area contributed by atoms with Crippen LogP contribution in [-0.4, -0.2) is 33.1 Å². The van der Waals surface area contributed by atoms with Gasteiger partial charge in [-0.05, 0) is 0 Å². The number of amides is 2. The number of nitrogens with zero attached hydrogens (tertiary/aromatic N) is 2. The van der Waals surface area contributed by atoms with E-state index in [0.717, 1.165) is 6.26 Å². The van der Waals surface area contributed by atoms with E-state index in [4.69, 9.17) is 0 Å². The van der Waals surface area contributed by atoms with Crippen LogP contribution in [0.2, 0.25) is 0 Å². The Labute approximate surface area is 57.9 Å². The normalized spacial score (nSPS) is 16.3. The predicted octanol–water partition coefficient (Wildman–Crippen LogP) is -0.243. The number of aliphatic imine (C=N–C) groups is 2. The Hall–Kier alpha value is -1.04. The molecule has 1 rings (SSSR count). The van der Waals surface area contributed by atoms with Gasteiger partial charge in [0.15, 0.2) is 0 Å². The molecule has 2 amide bonds. The summed E-state index contributed by atoms with van der Waals surface area (Å²) >= 11 is 0. The Morgan fingerprint density at radius 1 is 1.40 bits per heavy atom. The minimum atomic E-state index is -3.47. The summed E-state index contributed by atoms with van der Waals surface area (Å²) in [4.78, 5) is 6.98. The molecule has 0 N–H and O–H groups in total. The summed E-state index contributed by atoms with van der Waals surface area (Å²) in [5, 5.41) is 0. The number of urea groups is 1. The minimum absolute atomic E-state index is 0.137. The van der Waals surface area contributed by atoms with E-state index >= 15 is 0 Å². The second kappa shape index (κ2) is 2.30. The van der Waals surface area contributed by atoms with E-state index < -0.39 is 10.1 Å². The van der Waals surface area contributed by atoms with Crippen molar-refractivity contribution in [1.82, 2.24) is 0 Å². The van der Waals surface area contributed by atoms with Crippen molar-refractivity contribution in [3.63, 3.8) is 0 Å². The monoisotopic (exact) mass is 161 g/mol. The van der Waals surface area contributed by atoms with Crippen LogP contribution in [0.4, 0.5) is 3.87 Å². The lowest BCUT2D eigenvalue weighted by molar-refractivity contribution is 0.0835. The zero-order valence-electron chi connectivity index (χ0n) is 5.18. The summed E-state index contributed by atoms with van der Waals surface area (Å²) in [5.74, 6) is 0. The van der Waals surface area contributed by atoms with Crippen LogP contribution in [-0.2, 0) is 10.1 Å². The first-order chi connectivity index (χ1) is 4.58. The first-order valence-corrected chi connectivity index (χ1v) is 4.23. The Balaban J connectivity index is 2.94. The van der Waals surface area contributed by atoms with Crippen LogP contribution in [0.25, 0.3) is 0 Å². The Bertz CT molecular complexity index is 297. The zero-order chi connectivity index (χ0) is 7.61. The Morgan fingerprint density at radius 3 is 2.30 bits per heavy atom. The van der Waals surface area contributed by atoms with E-state index in [1.165, 1.54) is 12.4 Å². The van der Waals surface area contributed by atoms with E-state index in [-0.39, 0.29) is 6.03 Å². The smallest absolute Gasteiger partial charge is 0.143 e. The minimum Gasteiger partial charge on any atom is -0.143 e. The van der Waals surface area contributed by atoms with Crippen molar-refractivity contribution in [3.8, 4) is 0 Å². The largest absolute Gasteiger partial charge is 0.578 e. The van der Waals surface area contributed by atoms with Gasteiger partial charge in [0.2, 0.25) is 0 Å². The highest BCUT2D eigenvalue weighted by molar-refractivity contribution is 7.84. The molecule has 54 valence electrons. The number of carbonyl (C=O) groups excluding carboxylic acids is 1. The van der Waals surface area contributed by atoms with E-state index in [0.29, 0.717) is 0 Å². The molecule has 0 fully saturated rings. The molecular formula is C4H5N2O3S+. The highest BCUT2D eigenvalue weighted by Gasteiger charge is 2.18. The molecular weight excluding hydrogens is 156 g/mol.